The number of benzene rings is 1. The molecule has 1 atom stereocenters. The standard InChI is InChI=1S/C14H18NO2P/c1-4-11-15(17,12-5-2)14(16)18(3)13-9-7-6-8-10-13/h4-10H,1-2,11-12H2,3H3. The second-order valence-electron chi connectivity index (χ2n) is 4.01. The molecule has 0 bridgehead atoms. The van der Waals surface area contributed by atoms with Crippen LogP contribution >= 0.6 is 7.92 Å². The van der Waals surface area contributed by atoms with E-state index in [2.05, 4.69) is 13.2 Å². The summed E-state index contributed by atoms with van der Waals surface area (Å²) in [7, 11) is -1.12. The highest BCUT2D eigenvalue weighted by atomic mass is 31.1. The molecule has 1 aromatic rings. The Hall–Kier alpha value is -1.28. The summed E-state index contributed by atoms with van der Waals surface area (Å²) in [5.41, 5.74) is -0.295. The van der Waals surface area contributed by atoms with Crippen LogP contribution in [0.4, 0.5) is 4.79 Å². The SMILES string of the molecule is C=CC[N+]([O-])(CC=C)C(=O)P(C)c1ccccc1. The average molecular weight is 263 g/mol. The van der Waals surface area contributed by atoms with Crippen molar-refractivity contribution in [2.24, 2.45) is 0 Å². The summed E-state index contributed by atoms with van der Waals surface area (Å²) >= 11 is 0. The number of carbonyl (C=O) groups is 1. The van der Waals surface area contributed by atoms with E-state index in [1.54, 1.807) is 0 Å². The van der Waals surface area contributed by atoms with Gasteiger partial charge in [-0.1, -0.05) is 43.5 Å². The first-order valence-corrected chi connectivity index (χ1v) is 7.47. The minimum Gasteiger partial charge on any atom is -0.624 e. The maximum absolute atomic E-state index is 12.5. The number of rotatable bonds is 6. The molecule has 0 saturated heterocycles. The van der Waals surface area contributed by atoms with Crippen molar-refractivity contribution in [2.45, 2.75) is 0 Å². The Morgan fingerprint density at radius 1 is 1.28 bits per heavy atom. The molecule has 0 N–H and O–H groups in total. The quantitative estimate of drug-likeness (QED) is 0.342. The maximum Gasteiger partial charge on any atom is 0.337 e. The van der Waals surface area contributed by atoms with Gasteiger partial charge >= 0.3 is 5.65 Å². The minimum absolute atomic E-state index is 0.0877. The summed E-state index contributed by atoms with van der Waals surface area (Å²) in [6, 6.07) is 9.42. The van der Waals surface area contributed by atoms with E-state index in [1.165, 1.54) is 12.2 Å². The Balaban J connectivity index is 2.96. The third-order valence-corrected chi connectivity index (χ3v) is 4.64. The summed E-state index contributed by atoms with van der Waals surface area (Å²) in [6.07, 6.45) is 2.98. The molecule has 0 aliphatic rings. The van der Waals surface area contributed by atoms with Gasteiger partial charge in [0.2, 0.25) is 0 Å². The van der Waals surface area contributed by atoms with Crippen LogP contribution in [0.25, 0.3) is 0 Å². The predicted molar refractivity (Wildman–Crippen MR) is 78.1 cm³/mol. The Morgan fingerprint density at radius 2 is 1.78 bits per heavy atom. The highest BCUT2D eigenvalue weighted by Crippen LogP contribution is 2.36. The predicted octanol–water partition coefficient (Wildman–Crippen LogP) is 3.23. The highest BCUT2D eigenvalue weighted by Gasteiger charge is 2.30. The Kier molecular flexibility index (Phi) is 5.42. The van der Waals surface area contributed by atoms with Gasteiger partial charge in [0.15, 0.2) is 0 Å². The number of nitrogens with zero attached hydrogens (tertiary/aromatic N) is 1. The number of hydrogen-bond donors (Lipinski definition) is 0. The van der Waals surface area contributed by atoms with Crippen LogP contribution in [-0.2, 0) is 0 Å². The molecule has 1 unspecified atom stereocenters. The fourth-order valence-electron chi connectivity index (χ4n) is 1.68. The first kappa shape index (κ1) is 14.8. The molecular formula is C14H18NO2P. The lowest BCUT2D eigenvalue weighted by atomic mass is 10.4. The third-order valence-electron chi connectivity index (χ3n) is 2.63. The molecule has 0 aliphatic carbocycles. The van der Waals surface area contributed by atoms with Crippen molar-refractivity contribution in [3.63, 3.8) is 0 Å². The van der Waals surface area contributed by atoms with E-state index in [-0.39, 0.29) is 18.7 Å². The number of carbonyl (C=O) groups excluding carboxylic acids is 1. The van der Waals surface area contributed by atoms with Crippen LogP contribution in [-0.4, -0.2) is 30.0 Å². The topological polar surface area (TPSA) is 40.1 Å². The molecule has 4 heteroatoms. The molecule has 1 rings (SSSR count). The number of quaternary nitrogens is 1. The fraction of sp³-hybridized carbons (Fsp3) is 0.214. The summed E-state index contributed by atoms with van der Waals surface area (Å²) in [4.78, 5) is 12.3. The van der Waals surface area contributed by atoms with Crippen molar-refractivity contribution in [1.82, 2.24) is 0 Å². The lowest BCUT2D eigenvalue weighted by Gasteiger charge is -2.39. The molecule has 0 radical (unpaired) electrons. The molecule has 0 heterocycles. The second kappa shape index (κ2) is 6.60. The van der Waals surface area contributed by atoms with Crippen LogP contribution < -0.4 is 5.30 Å². The number of hydroxylamine groups is 3. The van der Waals surface area contributed by atoms with Crippen molar-refractivity contribution in [1.29, 1.82) is 0 Å². The van der Waals surface area contributed by atoms with Crippen LogP contribution in [0.2, 0.25) is 0 Å². The van der Waals surface area contributed by atoms with Crippen LogP contribution in [0.5, 0.6) is 0 Å². The molecular weight excluding hydrogens is 245 g/mol. The number of hydrogen-bond acceptors (Lipinski definition) is 2. The van der Waals surface area contributed by atoms with E-state index in [9.17, 15) is 10.0 Å². The second-order valence-corrected chi connectivity index (χ2v) is 6.03. The smallest absolute Gasteiger partial charge is 0.337 e. The Bertz CT molecular complexity index is 421. The van der Waals surface area contributed by atoms with Gasteiger partial charge in [0, 0.05) is 0 Å². The molecule has 0 aliphatic heterocycles. The molecule has 1 amide bonds. The van der Waals surface area contributed by atoms with Gasteiger partial charge in [-0.25, -0.2) is 4.79 Å². The van der Waals surface area contributed by atoms with Gasteiger partial charge in [0.1, 0.15) is 13.1 Å². The molecule has 0 spiro atoms. The lowest BCUT2D eigenvalue weighted by Crippen LogP contribution is -2.46. The van der Waals surface area contributed by atoms with Crippen LogP contribution in [0.3, 0.4) is 0 Å². The Morgan fingerprint density at radius 3 is 2.22 bits per heavy atom. The Labute approximate surface area is 109 Å². The molecule has 0 aromatic heterocycles. The van der Waals surface area contributed by atoms with Gasteiger partial charge < -0.3 is 5.21 Å². The third kappa shape index (κ3) is 3.36. The van der Waals surface area contributed by atoms with E-state index in [1.807, 2.05) is 37.0 Å². The molecule has 0 fully saturated rings. The summed E-state index contributed by atoms with van der Waals surface area (Å²) in [5, 5.41) is 13.4. The van der Waals surface area contributed by atoms with Gasteiger partial charge in [0.25, 0.3) is 0 Å². The largest absolute Gasteiger partial charge is 0.624 e. The van der Waals surface area contributed by atoms with Crippen molar-refractivity contribution in [2.75, 3.05) is 19.8 Å². The van der Waals surface area contributed by atoms with Crippen molar-refractivity contribution in [3.05, 3.63) is 60.8 Å². The fourth-order valence-corrected chi connectivity index (χ4v) is 3.23. The van der Waals surface area contributed by atoms with Gasteiger partial charge in [-0.2, -0.15) is 0 Å². The van der Waals surface area contributed by atoms with Crippen LogP contribution in [0.1, 0.15) is 0 Å². The van der Waals surface area contributed by atoms with Gasteiger partial charge in [0.05, 0.1) is 7.92 Å². The van der Waals surface area contributed by atoms with E-state index >= 15 is 0 Å². The van der Waals surface area contributed by atoms with Crippen molar-refractivity contribution in [3.8, 4) is 0 Å². The molecule has 0 saturated carbocycles. The van der Waals surface area contributed by atoms with Crippen LogP contribution in [0.15, 0.2) is 55.6 Å². The average Bonchev–Trinajstić information content (AvgIpc) is 2.38. The summed E-state index contributed by atoms with van der Waals surface area (Å²) < 4.78 is -0.899. The van der Waals surface area contributed by atoms with Gasteiger partial charge in [-0.05, 0) is 24.1 Å². The van der Waals surface area contributed by atoms with Gasteiger partial charge in [-0.3, -0.25) is 4.65 Å². The van der Waals surface area contributed by atoms with Crippen LogP contribution in [0, 0.1) is 5.21 Å². The zero-order valence-electron chi connectivity index (χ0n) is 10.6. The van der Waals surface area contributed by atoms with E-state index in [0.717, 1.165) is 5.30 Å². The molecule has 1 aromatic carbocycles. The zero-order chi connectivity index (χ0) is 13.6. The maximum atomic E-state index is 12.5. The van der Waals surface area contributed by atoms with Gasteiger partial charge in [-0.15, -0.1) is 0 Å². The summed E-state index contributed by atoms with van der Waals surface area (Å²) in [5.74, 6) is 0. The van der Waals surface area contributed by atoms with E-state index in [4.69, 9.17) is 0 Å². The zero-order valence-corrected chi connectivity index (χ0v) is 11.5. The monoisotopic (exact) mass is 263 g/mol. The van der Waals surface area contributed by atoms with Crippen molar-refractivity contribution < 1.29 is 9.44 Å². The van der Waals surface area contributed by atoms with E-state index < -0.39 is 12.6 Å². The molecule has 3 nitrogen and oxygen atoms in total. The first-order chi connectivity index (χ1) is 8.55. The first-order valence-electron chi connectivity index (χ1n) is 5.68. The lowest BCUT2D eigenvalue weighted by molar-refractivity contribution is -0.779. The number of amides is 1. The highest BCUT2D eigenvalue weighted by molar-refractivity contribution is 7.80. The summed E-state index contributed by atoms with van der Waals surface area (Å²) in [6.45, 7) is 9.09. The molecule has 18 heavy (non-hydrogen) atoms. The van der Waals surface area contributed by atoms with Crippen molar-refractivity contribution >= 4 is 18.9 Å². The minimum atomic E-state index is -1.12. The van der Waals surface area contributed by atoms with E-state index in [0.29, 0.717) is 0 Å². The normalized spacial score (nSPS) is 12.8. The molecule has 96 valence electrons.